The molecule has 0 saturated carbocycles. The summed E-state index contributed by atoms with van der Waals surface area (Å²) in [6, 6.07) is 6.70. The molecule has 0 aliphatic heterocycles. The van der Waals surface area contributed by atoms with Gasteiger partial charge in [0.25, 0.3) is 0 Å². The number of carboxylic acid groups (broad SMARTS) is 1. The molecule has 1 aromatic carbocycles. The average molecular weight is 308 g/mol. The Morgan fingerprint density at radius 3 is 2.41 bits per heavy atom. The summed E-state index contributed by atoms with van der Waals surface area (Å²) in [7, 11) is 0. The van der Waals surface area contributed by atoms with Gasteiger partial charge in [-0.25, -0.2) is 0 Å². The first kappa shape index (κ1) is 18.1. The minimum atomic E-state index is -1.21. The van der Waals surface area contributed by atoms with Gasteiger partial charge in [0.1, 0.15) is 6.04 Å². The maximum atomic E-state index is 11.9. The quantitative estimate of drug-likeness (QED) is 0.480. The number of carboxylic acids is 1. The topological polar surface area (TPSA) is 113 Å². The van der Waals surface area contributed by atoms with Gasteiger partial charge in [0.05, 0.1) is 25.5 Å². The molecule has 1 atom stereocenters. The summed E-state index contributed by atoms with van der Waals surface area (Å²) in [6.07, 6.45) is 0.702. The Morgan fingerprint density at radius 2 is 1.91 bits per heavy atom. The van der Waals surface area contributed by atoms with Gasteiger partial charge in [-0.2, -0.15) is 0 Å². The molecule has 0 aromatic heterocycles. The van der Waals surface area contributed by atoms with Crippen LogP contribution in [-0.4, -0.2) is 31.0 Å². The van der Waals surface area contributed by atoms with Crippen molar-refractivity contribution in [2.24, 2.45) is 0 Å². The van der Waals surface area contributed by atoms with Crippen LogP contribution in [0.5, 0.6) is 0 Å². The van der Waals surface area contributed by atoms with E-state index in [1.54, 1.807) is 5.32 Å². The van der Waals surface area contributed by atoms with Gasteiger partial charge >= 0.3 is 0 Å². The predicted octanol–water partition coefficient (Wildman–Crippen LogP) is -1.55. The first-order valence-corrected chi connectivity index (χ1v) is 7.67. The lowest BCUT2D eigenvalue weighted by Crippen LogP contribution is -2.93. The largest absolute Gasteiger partial charge is 0.544 e. The molecule has 0 unspecified atom stereocenters. The van der Waals surface area contributed by atoms with Gasteiger partial charge in [0.2, 0.25) is 5.91 Å². The lowest BCUT2D eigenvalue weighted by molar-refractivity contribution is -0.684. The molecular formula is C16H26N3O3+. The second-order valence-electron chi connectivity index (χ2n) is 5.69. The van der Waals surface area contributed by atoms with Gasteiger partial charge < -0.3 is 26.3 Å². The third-order valence-electron chi connectivity index (χ3n) is 3.47. The van der Waals surface area contributed by atoms with E-state index in [2.05, 4.69) is 24.9 Å². The van der Waals surface area contributed by atoms with Gasteiger partial charge in [0, 0.05) is 12.1 Å². The van der Waals surface area contributed by atoms with Crippen LogP contribution >= 0.6 is 0 Å². The Kier molecular flexibility index (Phi) is 7.56. The fourth-order valence-electron chi connectivity index (χ4n) is 2.09. The molecule has 1 amide bonds. The molecule has 1 aromatic rings. The van der Waals surface area contributed by atoms with E-state index in [0.717, 1.165) is 13.0 Å². The number of carbonyl (C=O) groups excluding carboxylic acids is 2. The number of benzene rings is 1. The smallest absolute Gasteiger partial charge is 0.230 e. The molecule has 0 spiro atoms. The summed E-state index contributed by atoms with van der Waals surface area (Å²) in [5.74, 6) is -1.11. The summed E-state index contributed by atoms with van der Waals surface area (Å²) in [5, 5.41) is 15.4. The number of carbonyl (C=O) groups is 2. The van der Waals surface area contributed by atoms with Crippen LogP contribution in [0.15, 0.2) is 24.3 Å². The van der Waals surface area contributed by atoms with E-state index < -0.39 is 12.0 Å². The van der Waals surface area contributed by atoms with Gasteiger partial charge in [-0.15, -0.1) is 0 Å². The minimum Gasteiger partial charge on any atom is -0.544 e. The summed E-state index contributed by atoms with van der Waals surface area (Å²) in [6.45, 7) is 5.56. The van der Waals surface area contributed by atoms with E-state index in [9.17, 15) is 14.7 Å². The number of quaternary nitrogens is 2. The van der Waals surface area contributed by atoms with E-state index in [0.29, 0.717) is 18.2 Å². The fourth-order valence-corrected chi connectivity index (χ4v) is 2.09. The zero-order valence-electron chi connectivity index (χ0n) is 13.3. The van der Waals surface area contributed by atoms with Crippen LogP contribution in [0.4, 0.5) is 5.69 Å². The first-order valence-electron chi connectivity index (χ1n) is 7.67. The Hall–Kier alpha value is -1.92. The number of aliphatic carboxylic acids is 1. The SMILES string of the molecule is CC(C)c1ccc(NC(=O)C[C@@H]([NH2+]CCC[NH3+])C(=O)[O-])cc1. The van der Waals surface area contributed by atoms with Crippen LogP contribution in [-0.2, 0) is 9.59 Å². The highest BCUT2D eigenvalue weighted by molar-refractivity contribution is 5.93. The van der Waals surface area contributed by atoms with Crippen molar-refractivity contribution >= 4 is 17.6 Å². The number of hydrogen-bond acceptors (Lipinski definition) is 3. The fraction of sp³-hybridized carbons (Fsp3) is 0.500. The normalized spacial score (nSPS) is 12.2. The van der Waals surface area contributed by atoms with Crippen molar-refractivity contribution in [3.05, 3.63) is 29.8 Å². The molecular weight excluding hydrogens is 282 g/mol. The van der Waals surface area contributed by atoms with Crippen LogP contribution in [0.25, 0.3) is 0 Å². The number of anilines is 1. The molecule has 6 heteroatoms. The van der Waals surface area contributed by atoms with Crippen molar-refractivity contribution in [3.63, 3.8) is 0 Å². The Bertz CT molecular complexity index is 486. The molecule has 0 saturated heterocycles. The number of amides is 1. The third kappa shape index (κ3) is 6.24. The van der Waals surface area contributed by atoms with E-state index in [1.165, 1.54) is 5.56 Å². The Balaban J connectivity index is 2.53. The summed E-state index contributed by atoms with van der Waals surface area (Å²) in [4.78, 5) is 23.0. The zero-order chi connectivity index (χ0) is 16.5. The lowest BCUT2D eigenvalue weighted by Gasteiger charge is -2.16. The monoisotopic (exact) mass is 308 g/mol. The van der Waals surface area contributed by atoms with Crippen LogP contribution < -0.4 is 21.5 Å². The highest BCUT2D eigenvalue weighted by Crippen LogP contribution is 2.17. The van der Waals surface area contributed by atoms with Crippen molar-refractivity contribution in [1.82, 2.24) is 0 Å². The molecule has 0 aliphatic carbocycles. The Labute approximate surface area is 131 Å². The van der Waals surface area contributed by atoms with Crippen molar-refractivity contribution in [1.29, 1.82) is 0 Å². The van der Waals surface area contributed by atoms with E-state index in [-0.39, 0.29) is 12.3 Å². The highest BCUT2D eigenvalue weighted by Gasteiger charge is 2.18. The minimum absolute atomic E-state index is 0.106. The molecule has 0 radical (unpaired) electrons. The van der Waals surface area contributed by atoms with Crippen LogP contribution in [0, 0.1) is 0 Å². The van der Waals surface area contributed by atoms with Gasteiger partial charge in [-0.1, -0.05) is 26.0 Å². The number of hydrogen-bond donors (Lipinski definition) is 3. The number of nitrogens with one attached hydrogen (secondary N) is 1. The second-order valence-corrected chi connectivity index (χ2v) is 5.69. The molecule has 122 valence electrons. The molecule has 6 nitrogen and oxygen atoms in total. The molecule has 6 N–H and O–H groups in total. The zero-order valence-corrected chi connectivity index (χ0v) is 13.3. The van der Waals surface area contributed by atoms with Crippen molar-refractivity contribution in [2.75, 3.05) is 18.4 Å². The summed E-state index contributed by atoms with van der Waals surface area (Å²) < 4.78 is 0. The highest BCUT2D eigenvalue weighted by atomic mass is 16.4. The maximum Gasteiger partial charge on any atom is 0.230 e. The molecule has 0 fully saturated rings. The number of nitrogens with two attached hydrogens (primary N) is 1. The molecule has 22 heavy (non-hydrogen) atoms. The van der Waals surface area contributed by atoms with Gasteiger partial charge in [-0.3, -0.25) is 4.79 Å². The molecule has 1 rings (SSSR count). The van der Waals surface area contributed by atoms with E-state index >= 15 is 0 Å². The van der Waals surface area contributed by atoms with Crippen LogP contribution in [0.2, 0.25) is 0 Å². The van der Waals surface area contributed by atoms with Gasteiger partial charge in [-0.05, 0) is 23.6 Å². The van der Waals surface area contributed by atoms with Crippen LogP contribution in [0.1, 0.15) is 38.2 Å². The van der Waals surface area contributed by atoms with Crippen molar-refractivity contribution in [3.8, 4) is 0 Å². The summed E-state index contributed by atoms with van der Waals surface area (Å²) >= 11 is 0. The maximum absolute atomic E-state index is 11.9. The predicted molar refractivity (Wildman–Crippen MR) is 81.7 cm³/mol. The van der Waals surface area contributed by atoms with E-state index in [1.807, 2.05) is 24.3 Å². The standard InChI is InChI=1S/C16H25N3O3/c1-11(2)12-4-6-13(7-5-12)19-15(20)10-14(16(21)22)18-9-3-8-17/h4-7,11,14,18H,3,8-10,17H2,1-2H3,(H,19,20)(H,21,22)/p+1/t14-/m1/s1. The Morgan fingerprint density at radius 1 is 1.27 bits per heavy atom. The third-order valence-corrected chi connectivity index (χ3v) is 3.47. The van der Waals surface area contributed by atoms with Gasteiger partial charge in [0.15, 0.2) is 0 Å². The summed E-state index contributed by atoms with van der Waals surface area (Å²) in [5.41, 5.74) is 5.56. The molecule has 0 bridgehead atoms. The van der Waals surface area contributed by atoms with Crippen LogP contribution in [0.3, 0.4) is 0 Å². The average Bonchev–Trinajstić information content (AvgIpc) is 2.46. The molecule has 0 aliphatic rings. The van der Waals surface area contributed by atoms with E-state index in [4.69, 9.17) is 0 Å². The first-order chi connectivity index (χ1) is 10.4. The molecule has 0 heterocycles. The van der Waals surface area contributed by atoms with Crippen molar-refractivity contribution in [2.45, 2.75) is 38.6 Å². The second kappa shape index (κ2) is 9.17. The van der Waals surface area contributed by atoms with Crippen molar-refractivity contribution < 1.29 is 25.7 Å². The lowest BCUT2D eigenvalue weighted by atomic mass is 10.0. The number of rotatable bonds is 9.